The molecule has 1 aromatic carbocycles. The van der Waals surface area contributed by atoms with Gasteiger partial charge in [-0.1, -0.05) is 25.6 Å². The number of thioether (sulfide) groups is 1. The van der Waals surface area contributed by atoms with Crippen molar-refractivity contribution in [1.82, 2.24) is 20.2 Å². The molecule has 0 aliphatic carbocycles. The van der Waals surface area contributed by atoms with Crippen LogP contribution in [0.1, 0.15) is 26.7 Å². The number of carbonyl (C=O) groups is 1. The fraction of sp³-hybridized carbons (Fsp3) is 0.400. The predicted molar refractivity (Wildman–Crippen MR) is 88.8 cm³/mol. The van der Waals surface area contributed by atoms with E-state index in [1.165, 1.54) is 28.6 Å². The second kappa shape index (κ2) is 7.96. The lowest BCUT2D eigenvalue weighted by molar-refractivity contribution is -0.119. The van der Waals surface area contributed by atoms with Crippen molar-refractivity contribution in [2.24, 2.45) is 0 Å². The highest BCUT2D eigenvalue weighted by Gasteiger charge is 2.15. The minimum Gasteiger partial charge on any atom is -0.353 e. The first-order chi connectivity index (χ1) is 11.0. The highest BCUT2D eigenvalue weighted by Crippen LogP contribution is 2.21. The zero-order valence-electron chi connectivity index (χ0n) is 13.1. The fourth-order valence-corrected chi connectivity index (χ4v) is 2.73. The van der Waals surface area contributed by atoms with Crippen LogP contribution in [0.25, 0.3) is 11.4 Å². The van der Waals surface area contributed by atoms with Gasteiger partial charge in [-0.3, -0.25) is 4.79 Å². The molecule has 0 spiro atoms. The van der Waals surface area contributed by atoms with Crippen LogP contribution in [0.4, 0.5) is 4.39 Å². The van der Waals surface area contributed by atoms with Gasteiger partial charge in [0.2, 0.25) is 11.1 Å². The second-order valence-electron chi connectivity index (χ2n) is 5.05. The highest BCUT2D eigenvalue weighted by atomic mass is 32.2. The summed E-state index contributed by atoms with van der Waals surface area (Å²) < 4.78 is 14.3. The standard InChI is InChI=1S/C15H20FN5OS/c1-3-12(4-2)18-13(22)9-23-15-20-19-14(21(15)17)10-5-7-11(16)8-6-10/h5-8,12H,3-4,9,17H2,1-2H3,(H,18,22). The van der Waals surface area contributed by atoms with Gasteiger partial charge in [0.1, 0.15) is 5.82 Å². The molecule has 1 heterocycles. The first-order valence-corrected chi connectivity index (χ1v) is 8.42. The number of rotatable bonds is 7. The van der Waals surface area contributed by atoms with Crippen LogP contribution in [0.15, 0.2) is 29.4 Å². The Hall–Kier alpha value is -2.09. The number of nitrogen functional groups attached to an aromatic ring is 1. The van der Waals surface area contributed by atoms with E-state index in [4.69, 9.17) is 5.84 Å². The Balaban J connectivity index is 2.00. The summed E-state index contributed by atoms with van der Waals surface area (Å²) in [5.74, 6) is 6.21. The van der Waals surface area contributed by atoms with E-state index < -0.39 is 0 Å². The van der Waals surface area contributed by atoms with Gasteiger partial charge in [0.05, 0.1) is 5.75 Å². The third-order valence-electron chi connectivity index (χ3n) is 3.45. The maximum absolute atomic E-state index is 13.0. The first kappa shape index (κ1) is 17.3. The van der Waals surface area contributed by atoms with Gasteiger partial charge >= 0.3 is 0 Å². The average molecular weight is 337 g/mol. The van der Waals surface area contributed by atoms with Gasteiger partial charge in [0, 0.05) is 11.6 Å². The molecule has 0 atom stereocenters. The van der Waals surface area contributed by atoms with Crippen LogP contribution in [0.2, 0.25) is 0 Å². The Morgan fingerprint density at radius 3 is 2.57 bits per heavy atom. The molecule has 124 valence electrons. The number of benzene rings is 1. The van der Waals surface area contributed by atoms with Gasteiger partial charge < -0.3 is 11.2 Å². The summed E-state index contributed by atoms with van der Waals surface area (Å²) in [6, 6.07) is 6.02. The highest BCUT2D eigenvalue weighted by molar-refractivity contribution is 7.99. The zero-order valence-corrected chi connectivity index (χ0v) is 13.9. The molecule has 0 bridgehead atoms. The van der Waals surface area contributed by atoms with Gasteiger partial charge in [-0.2, -0.15) is 0 Å². The van der Waals surface area contributed by atoms with E-state index in [9.17, 15) is 9.18 Å². The van der Waals surface area contributed by atoms with E-state index in [0.29, 0.717) is 16.5 Å². The molecule has 1 amide bonds. The van der Waals surface area contributed by atoms with Gasteiger partial charge in [-0.05, 0) is 37.1 Å². The maximum Gasteiger partial charge on any atom is 0.230 e. The number of hydrogen-bond acceptors (Lipinski definition) is 5. The van der Waals surface area contributed by atoms with Crippen molar-refractivity contribution >= 4 is 17.7 Å². The van der Waals surface area contributed by atoms with Crippen molar-refractivity contribution in [3.05, 3.63) is 30.1 Å². The summed E-state index contributed by atoms with van der Waals surface area (Å²) in [7, 11) is 0. The monoisotopic (exact) mass is 337 g/mol. The average Bonchev–Trinajstić information content (AvgIpc) is 2.92. The topological polar surface area (TPSA) is 85.8 Å². The second-order valence-corrected chi connectivity index (χ2v) is 6.00. The normalized spacial score (nSPS) is 11.0. The van der Waals surface area contributed by atoms with Crippen LogP contribution >= 0.6 is 11.8 Å². The number of nitrogens with zero attached hydrogens (tertiary/aromatic N) is 3. The number of hydrogen-bond donors (Lipinski definition) is 2. The Bertz CT molecular complexity index is 654. The molecule has 2 rings (SSSR count). The summed E-state index contributed by atoms with van der Waals surface area (Å²) in [5.41, 5.74) is 0.662. The molecule has 3 N–H and O–H groups in total. The van der Waals surface area contributed by atoms with E-state index in [-0.39, 0.29) is 23.5 Å². The number of aromatic nitrogens is 3. The molecule has 0 unspecified atom stereocenters. The fourth-order valence-electron chi connectivity index (χ4n) is 2.06. The minimum atomic E-state index is -0.329. The van der Waals surface area contributed by atoms with Gasteiger partial charge in [-0.15, -0.1) is 10.2 Å². The Kier molecular flexibility index (Phi) is 5.97. The molecule has 0 aliphatic rings. The van der Waals surface area contributed by atoms with Crippen LogP contribution in [-0.2, 0) is 4.79 Å². The number of nitrogens with one attached hydrogen (secondary N) is 1. The van der Waals surface area contributed by atoms with E-state index in [1.807, 2.05) is 13.8 Å². The van der Waals surface area contributed by atoms with E-state index in [1.54, 1.807) is 12.1 Å². The maximum atomic E-state index is 13.0. The number of halogens is 1. The van der Waals surface area contributed by atoms with Crippen molar-refractivity contribution in [1.29, 1.82) is 0 Å². The molecule has 2 aromatic rings. The number of amides is 1. The SMILES string of the molecule is CCC(CC)NC(=O)CSc1nnc(-c2ccc(F)cc2)n1N. The summed E-state index contributed by atoms with van der Waals surface area (Å²) >= 11 is 1.21. The largest absolute Gasteiger partial charge is 0.353 e. The molecule has 0 radical (unpaired) electrons. The van der Waals surface area contributed by atoms with Crippen molar-refractivity contribution in [2.75, 3.05) is 11.6 Å². The van der Waals surface area contributed by atoms with Crippen LogP contribution < -0.4 is 11.2 Å². The van der Waals surface area contributed by atoms with Crippen molar-refractivity contribution in [2.45, 2.75) is 37.9 Å². The minimum absolute atomic E-state index is 0.0602. The number of carbonyl (C=O) groups excluding carboxylic acids is 1. The van der Waals surface area contributed by atoms with E-state index >= 15 is 0 Å². The molecule has 6 nitrogen and oxygen atoms in total. The van der Waals surface area contributed by atoms with E-state index in [2.05, 4.69) is 15.5 Å². The molecular formula is C15H20FN5OS. The smallest absolute Gasteiger partial charge is 0.230 e. The van der Waals surface area contributed by atoms with Crippen molar-refractivity contribution in [3.63, 3.8) is 0 Å². The summed E-state index contributed by atoms with van der Waals surface area (Å²) in [6.45, 7) is 4.07. The van der Waals surface area contributed by atoms with Gasteiger partial charge in [-0.25, -0.2) is 9.07 Å². The first-order valence-electron chi connectivity index (χ1n) is 7.43. The van der Waals surface area contributed by atoms with Crippen LogP contribution in [0, 0.1) is 5.82 Å². The molecular weight excluding hydrogens is 317 g/mol. The third kappa shape index (κ3) is 4.44. The molecule has 0 fully saturated rings. The lowest BCUT2D eigenvalue weighted by Gasteiger charge is -2.14. The molecule has 0 saturated heterocycles. The lowest BCUT2D eigenvalue weighted by atomic mass is 10.2. The molecule has 0 aliphatic heterocycles. The summed E-state index contributed by atoms with van der Waals surface area (Å²) in [6.07, 6.45) is 1.80. The molecule has 1 aromatic heterocycles. The van der Waals surface area contributed by atoms with Crippen molar-refractivity contribution < 1.29 is 9.18 Å². The van der Waals surface area contributed by atoms with Crippen molar-refractivity contribution in [3.8, 4) is 11.4 Å². The van der Waals surface area contributed by atoms with Crippen LogP contribution in [0.5, 0.6) is 0 Å². The summed E-state index contributed by atoms with van der Waals surface area (Å²) in [5, 5.41) is 11.4. The third-order valence-corrected chi connectivity index (χ3v) is 4.39. The van der Waals surface area contributed by atoms with E-state index in [0.717, 1.165) is 12.8 Å². The molecule has 0 saturated carbocycles. The predicted octanol–water partition coefficient (Wildman–Crippen LogP) is 2.19. The quantitative estimate of drug-likeness (QED) is 0.597. The summed E-state index contributed by atoms with van der Waals surface area (Å²) in [4.78, 5) is 11.9. The lowest BCUT2D eigenvalue weighted by Crippen LogP contribution is -2.35. The zero-order chi connectivity index (χ0) is 16.8. The Labute approximate surface area is 138 Å². The molecule has 23 heavy (non-hydrogen) atoms. The van der Waals surface area contributed by atoms with Gasteiger partial charge in [0.25, 0.3) is 0 Å². The Morgan fingerprint density at radius 1 is 1.30 bits per heavy atom. The van der Waals surface area contributed by atoms with Crippen LogP contribution in [0.3, 0.4) is 0 Å². The molecule has 8 heteroatoms. The Morgan fingerprint density at radius 2 is 1.96 bits per heavy atom. The van der Waals surface area contributed by atoms with Gasteiger partial charge in [0.15, 0.2) is 5.82 Å². The number of nitrogens with two attached hydrogens (primary N) is 1. The van der Waals surface area contributed by atoms with Crippen LogP contribution in [-0.4, -0.2) is 32.6 Å².